The summed E-state index contributed by atoms with van der Waals surface area (Å²) in [6, 6.07) is 13.0. The summed E-state index contributed by atoms with van der Waals surface area (Å²) in [6.07, 6.45) is 3.56. The maximum Gasteiger partial charge on any atom is 0.231 e. The minimum Gasteiger partial charge on any atom is -0.493 e. The third kappa shape index (κ3) is 4.32. The molecule has 1 aliphatic rings. The van der Waals surface area contributed by atoms with Gasteiger partial charge in [-0.05, 0) is 51.9 Å². The lowest BCUT2D eigenvalue weighted by Crippen LogP contribution is -2.35. The molecule has 0 spiro atoms. The van der Waals surface area contributed by atoms with Crippen molar-refractivity contribution < 1.29 is 19.1 Å². The van der Waals surface area contributed by atoms with Gasteiger partial charge in [0, 0.05) is 16.2 Å². The standard InChI is InChI=1S/C21H20INO4/c1-26-19-10-15(17(22)13-20(19)27-2)11-21(25)23-9-8-16(24)12-18(23)14-6-4-3-5-7-14/h3-10,13,18H,11-12H2,1-2H3. The molecule has 1 heterocycles. The topological polar surface area (TPSA) is 55.8 Å². The smallest absolute Gasteiger partial charge is 0.231 e. The minimum absolute atomic E-state index is 0.0219. The molecule has 0 aliphatic carbocycles. The number of benzene rings is 2. The first-order chi connectivity index (χ1) is 13.0. The van der Waals surface area contributed by atoms with Crippen molar-refractivity contribution in [2.45, 2.75) is 18.9 Å². The molecule has 1 amide bonds. The highest BCUT2D eigenvalue weighted by Gasteiger charge is 2.29. The summed E-state index contributed by atoms with van der Waals surface area (Å²) in [7, 11) is 3.15. The summed E-state index contributed by atoms with van der Waals surface area (Å²) in [5.41, 5.74) is 1.81. The highest BCUT2D eigenvalue weighted by molar-refractivity contribution is 14.1. The van der Waals surface area contributed by atoms with Crippen molar-refractivity contribution in [3.05, 3.63) is 69.4 Å². The molecule has 1 unspecified atom stereocenters. The molecule has 0 N–H and O–H groups in total. The van der Waals surface area contributed by atoms with Gasteiger partial charge in [0.15, 0.2) is 17.3 Å². The van der Waals surface area contributed by atoms with E-state index in [2.05, 4.69) is 22.6 Å². The summed E-state index contributed by atoms with van der Waals surface area (Å²) in [5.74, 6) is 1.17. The van der Waals surface area contributed by atoms with Crippen molar-refractivity contribution in [1.29, 1.82) is 0 Å². The Balaban J connectivity index is 1.88. The van der Waals surface area contributed by atoms with E-state index in [1.54, 1.807) is 25.3 Å². The first kappa shape index (κ1) is 19.4. The first-order valence-corrected chi connectivity index (χ1v) is 9.59. The Morgan fingerprint density at radius 3 is 2.48 bits per heavy atom. The third-order valence-electron chi connectivity index (χ3n) is 4.52. The molecule has 0 radical (unpaired) electrons. The number of amides is 1. The van der Waals surface area contributed by atoms with Gasteiger partial charge in [0.05, 0.1) is 26.7 Å². The fraction of sp³-hybridized carbons (Fsp3) is 0.238. The normalized spacial score (nSPS) is 16.3. The largest absolute Gasteiger partial charge is 0.493 e. The zero-order valence-electron chi connectivity index (χ0n) is 15.1. The SMILES string of the molecule is COc1cc(I)c(CC(=O)N2C=CC(=O)CC2c2ccccc2)cc1OC. The van der Waals surface area contributed by atoms with Gasteiger partial charge < -0.3 is 14.4 Å². The molecule has 1 atom stereocenters. The van der Waals surface area contributed by atoms with E-state index in [0.717, 1.165) is 14.7 Å². The Morgan fingerprint density at radius 1 is 1.15 bits per heavy atom. The molecule has 1 aliphatic heterocycles. The number of carbonyl (C=O) groups is 2. The summed E-state index contributed by atoms with van der Waals surface area (Å²) in [4.78, 5) is 26.6. The average molecular weight is 477 g/mol. The van der Waals surface area contributed by atoms with Crippen LogP contribution in [-0.2, 0) is 16.0 Å². The maximum absolute atomic E-state index is 13.1. The average Bonchev–Trinajstić information content (AvgIpc) is 2.69. The van der Waals surface area contributed by atoms with Gasteiger partial charge in [0.2, 0.25) is 5.91 Å². The Hall–Kier alpha value is -2.35. The van der Waals surface area contributed by atoms with E-state index in [1.807, 2.05) is 42.5 Å². The number of allylic oxidation sites excluding steroid dienone is 1. The molecule has 0 bridgehead atoms. The number of ether oxygens (including phenoxy) is 2. The molecule has 5 nitrogen and oxygen atoms in total. The number of carbonyl (C=O) groups excluding carboxylic acids is 2. The summed E-state index contributed by atoms with van der Waals surface area (Å²) < 4.78 is 11.6. The van der Waals surface area contributed by atoms with Gasteiger partial charge >= 0.3 is 0 Å². The first-order valence-electron chi connectivity index (χ1n) is 8.51. The molecule has 0 fully saturated rings. The van der Waals surface area contributed by atoms with E-state index in [9.17, 15) is 9.59 Å². The van der Waals surface area contributed by atoms with Crippen LogP contribution in [-0.4, -0.2) is 30.8 Å². The van der Waals surface area contributed by atoms with Crippen LogP contribution >= 0.6 is 22.6 Å². The lowest BCUT2D eigenvalue weighted by Gasteiger charge is -2.31. The van der Waals surface area contributed by atoms with Crippen molar-refractivity contribution in [3.63, 3.8) is 0 Å². The van der Waals surface area contributed by atoms with E-state index in [0.29, 0.717) is 11.5 Å². The van der Waals surface area contributed by atoms with Crippen LogP contribution in [0.1, 0.15) is 23.6 Å². The van der Waals surface area contributed by atoms with Crippen LogP contribution in [0.5, 0.6) is 11.5 Å². The number of methoxy groups -OCH3 is 2. The van der Waals surface area contributed by atoms with Gasteiger partial charge in [-0.3, -0.25) is 9.59 Å². The monoisotopic (exact) mass is 477 g/mol. The summed E-state index contributed by atoms with van der Waals surface area (Å²) >= 11 is 2.19. The van der Waals surface area contributed by atoms with Crippen LogP contribution < -0.4 is 9.47 Å². The summed E-state index contributed by atoms with van der Waals surface area (Å²) in [6.45, 7) is 0. The lowest BCUT2D eigenvalue weighted by molar-refractivity contribution is -0.131. The van der Waals surface area contributed by atoms with Crippen LogP contribution in [0.2, 0.25) is 0 Å². The molecule has 0 saturated carbocycles. The molecule has 27 heavy (non-hydrogen) atoms. The van der Waals surface area contributed by atoms with E-state index in [1.165, 1.54) is 6.08 Å². The Bertz CT molecular complexity index is 879. The number of hydrogen-bond acceptors (Lipinski definition) is 4. The lowest BCUT2D eigenvalue weighted by atomic mass is 9.96. The second-order valence-electron chi connectivity index (χ2n) is 6.19. The number of ketones is 1. The molecular formula is C21H20INO4. The van der Waals surface area contributed by atoms with Gasteiger partial charge in [-0.15, -0.1) is 0 Å². The number of nitrogens with zero attached hydrogens (tertiary/aromatic N) is 1. The minimum atomic E-state index is -0.283. The van der Waals surface area contributed by atoms with Crippen molar-refractivity contribution in [3.8, 4) is 11.5 Å². The van der Waals surface area contributed by atoms with Crippen LogP contribution in [0.4, 0.5) is 0 Å². The quantitative estimate of drug-likeness (QED) is 0.614. The van der Waals surface area contributed by atoms with Crippen molar-refractivity contribution in [2.75, 3.05) is 14.2 Å². The van der Waals surface area contributed by atoms with Gasteiger partial charge in [0.1, 0.15) is 0 Å². The molecule has 2 aromatic carbocycles. The van der Waals surface area contributed by atoms with Crippen molar-refractivity contribution in [2.24, 2.45) is 0 Å². The predicted octanol–water partition coefficient (Wildman–Crippen LogP) is 3.91. The van der Waals surface area contributed by atoms with Gasteiger partial charge in [-0.1, -0.05) is 30.3 Å². The van der Waals surface area contributed by atoms with E-state index < -0.39 is 0 Å². The van der Waals surface area contributed by atoms with E-state index >= 15 is 0 Å². The number of rotatable bonds is 5. The van der Waals surface area contributed by atoms with Crippen LogP contribution in [0.3, 0.4) is 0 Å². The van der Waals surface area contributed by atoms with E-state index in [4.69, 9.17) is 9.47 Å². The van der Waals surface area contributed by atoms with Crippen LogP contribution in [0, 0.1) is 3.57 Å². The highest BCUT2D eigenvalue weighted by atomic mass is 127. The van der Waals surface area contributed by atoms with Crippen LogP contribution in [0.25, 0.3) is 0 Å². The van der Waals surface area contributed by atoms with Gasteiger partial charge in [0.25, 0.3) is 0 Å². The molecule has 140 valence electrons. The molecule has 3 rings (SSSR count). The van der Waals surface area contributed by atoms with Crippen LogP contribution in [0.15, 0.2) is 54.7 Å². The number of hydrogen-bond donors (Lipinski definition) is 0. The highest BCUT2D eigenvalue weighted by Crippen LogP contribution is 2.33. The zero-order valence-corrected chi connectivity index (χ0v) is 17.3. The fourth-order valence-electron chi connectivity index (χ4n) is 3.12. The fourth-order valence-corrected chi connectivity index (χ4v) is 3.75. The Labute approximate surface area is 172 Å². The van der Waals surface area contributed by atoms with Gasteiger partial charge in [-0.25, -0.2) is 0 Å². The molecule has 0 saturated heterocycles. The number of halogens is 1. The van der Waals surface area contributed by atoms with Gasteiger partial charge in [-0.2, -0.15) is 0 Å². The Kier molecular flexibility index (Phi) is 6.15. The van der Waals surface area contributed by atoms with E-state index in [-0.39, 0.29) is 30.6 Å². The maximum atomic E-state index is 13.1. The van der Waals surface area contributed by atoms with Crippen molar-refractivity contribution >= 4 is 34.3 Å². The molecule has 6 heteroatoms. The molecular weight excluding hydrogens is 457 g/mol. The van der Waals surface area contributed by atoms with Crippen molar-refractivity contribution in [1.82, 2.24) is 4.90 Å². The predicted molar refractivity (Wildman–Crippen MR) is 111 cm³/mol. The summed E-state index contributed by atoms with van der Waals surface area (Å²) in [5, 5.41) is 0. The molecule has 2 aromatic rings. The molecule has 0 aromatic heterocycles. The second kappa shape index (κ2) is 8.56. The second-order valence-corrected chi connectivity index (χ2v) is 7.35. The zero-order chi connectivity index (χ0) is 19.4. The Morgan fingerprint density at radius 2 is 1.81 bits per heavy atom. The third-order valence-corrected chi connectivity index (χ3v) is 5.52.